The zero-order chi connectivity index (χ0) is 16.5. The summed E-state index contributed by atoms with van der Waals surface area (Å²) in [5.41, 5.74) is 2.58. The van der Waals surface area contributed by atoms with Crippen molar-refractivity contribution in [3.8, 4) is 0 Å². The first-order valence-corrected chi connectivity index (χ1v) is 10.6. The molecule has 124 valence electrons. The van der Waals surface area contributed by atoms with Crippen molar-refractivity contribution in [2.45, 2.75) is 45.4 Å². The van der Waals surface area contributed by atoms with Gasteiger partial charge in [0.1, 0.15) is 0 Å². The lowest BCUT2D eigenvalue weighted by Gasteiger charge is -2.25. The third-order valence-electron chi connectivity index (χ3n) is 4.01. The van der Waals surface area contributed by atoms with Crippen LogP contribution in [0.5, 0.6) is 0 Å². The number of unbranched alkanes of at least 4 members (excludes halogenated alkanes) is 5. The number of hydrogen-bond acceptors (Lipinski definition) is 1. The van der Waals surface area contributed by atoms with Crippen LogP contribution in [0, 0.1) is 7.14 Å². The first-order chi connectivity index (χ1) is 11.2. The molecular formula is C20H25I2N. The average Bonchev–Trinajstić information content (AvgIpc) is 2.57. The molecule has 0 heterocycles. The first kappa shape index (κ1) is 19.0. The van der Waals surface area contributed by atoms with Crippen molar-refractivity contribution >= 4 is 56.6 Å². The van der Waals surface area contributed by atoms with Crippen LogP contribution in [0.25, 0.3) is 0 Å². The van der Waals surface area contributed by atoms with E-state index in [0.717, 1.165) is 6.54 Å². The van der Waals surface area contributed by atoms with Crippen molar-refractivity contribution in [1.29, 1.82) is 0 Å². The van der Waals surface area contributed by atoms with Gasteiger partial charge in [0.25, 0.3) is 0 Å². The molecule has 0 fully saturated rings. The van der Waals surface area contributed by atoms with E-state index in [1.165, 1.54) is 57.0 Å². The minimum Gasteiger partial charge on any atom is -0.341 e. The summed E-state index contributed by atoms with van der Waals surface area (Å²) in [7, 11) is 0. The fourth-order valence-electron chi connectivity index (χ4n) is 2.70. The molecule has 0 aromatic heterocycles. The number of hydrogen-bond donors (Lipinski definition) is 0. The molecule has 0 aliphatic carbocycles. The summed E-state index contributed by atoms with van der Waals surface area (Å²) in [5.74, 6) is 0. The molecule has 2 rings (SSSR count). The highest BCUT2D eigenvalue weighted by Gasteiger charge is 2.09. The van der Waals surface area contributed by atoms with Gasteiger partial charge in [0.15, 0.2) is 0 Å². The Hall–Kier alpha value is -0.300. The maximum absolute atomic E-state index is 2.45. The summed E-state index contributed by atoms with van der Waals surface area (Å²) in [6.07, 6.45) is 8.01. The molecule has 0 N–H and O–H groups in total. The third kappa shape index (κ3) is 6.61. The number of anilines is 2. The Kier molecular flexibility index (Phi) is 8.72. The molecule has 0 unspecified atom stereocenters. The smallest absolute Gasteiger partial charge is 0.0411 e. The topological polar surface area (TPSA) is 3.24 Å². The normalized spacial score (nSPS) is 10.7. The van der Waals surface area contributed by atoms with Gasteiger partial charge in [0.05, 0.1) is 0 Å². The summed E-state index contributed by atoms with van der Waals surface area (Å²) in [5, 5.41) is 0. The number of nitrogens with zero attached hydrogens (tertiary/aromatic N) is 1. The fourth-order valence-corrected chi connectivity index (χ4v) is 3.42. The number of halogens is 2. The monoisotopic (exact) mass is 533 g/mol. The van der Waals surface area contributed by atoms with E-state index >= 15 is 0 Å². The minimum absolute atomic E-state index is 1.09. The van der Waals surface area contributed by atoms with Crippen LogP contribution in [0.4, 0.5) is 11.4 Å². The Labute approximate surface area is 168 Å². The predicted molar refractivity (Wildman–Crippen MR) is 119 cm³/mol. The first-order valence-electron chi connectivity index (χ1n) is 8.49. The molecule has 2 aromatic rings. The molecule has 23 heavy (non-hydrogen) atoms. The van der Waals surface area contributed by atoms with Crippen molar-refractivity contribution in [2.75, 3.05) is 11.4 Å². The van der Waals surface area contributed by atoms with E-state index in [4.69, 9.17) is 0 Å². The van der Waals surface area contributed by atoms with Gasteiger partial charge in [-0.15, -0.1) is 0 Å². The van der Waals surface area contributed by atoms with Crippen molar-refractivity contribution in [3.05, 3.63) is 55.7 Å². The van der Waals surface area contributed by atoms with Gasteiger partial charge >= 0.3 is 0 Å². The second-order valence-electron chi connectivity index (χ2n) is 5.87. The molecule has 0 amide bonds. The minimum atomic E-state index is 1.09. The van der Waals surface area contributed by atoms with Gasteiger partial charge in [0, 0.05) is 25.1 Å². The average molecular weight is 533 g/mol. The highest BCUT2D eigenvalue weighted by Crippen LogP contribution is 2.27. The summed E-state index contributed by atoms with van der Waals surface area (Å²) in [6.45, 7) is 3.36. The highest BCUT2D eigenvalue weighted by atomic mass is 127. The summed E-state index contributed by atoms with van der Waals surface area (Å²) in [6, 6.07) is 17.7. The maximum atomic E-state index is 2.45. The van der Waals surface area contributed by atoms with Crippen LogP contribution in [0.15, 0.2) is 48.5 Å². The van der Waals surface area contributed by atoms with Gasteiger partial charge < -0.3 is 4.90 Å². The van der Waals surface area contributed by atoms with Gasteiger partial charge in [-0.2, -0.15) is 0 Å². The van der Waals surface area contributed by atoms with Gasteiger partial charge in [-0.3, -0.25) is 0 Å². The number of rotatable bonds is 9. The Bertz CT molecular complexity index is 518. The standard InChI is InChI=1S/C20H25I2N/c1-2-3-4-5-6-7-16-23(19-12-8-17(21)9-13-19)20-14-10-18(22)11-15-20/h8-15H,2-7,16H2,1H3. The Morgan fingerprint density at radius 1 is 0.652 bits per heavy atom. The third-order valence-corrected chi connectivity index (χ3v) is 5.45. The van der Waals surface area contributed by atoms with E-state index in [0.29, 0.717) is 0 Å². The SMILES string of the molecule is CCCCCCCCN(c1ccc(I)cc1)c1ccc(I)cc1. The van der Waals surface area contributed by atoms with E-state index < -0.39 is 0 Å². The summed E-state index contributed by atoms with van der Waals surface area (Å²) in [4.78, 5) is 2.45. The van der Waals surface area contributed by atoms with E-state index in [1.54, 1.807) is 0 Å². The van der Waals surface area contributed by atoms with Crippen LogP contribution >= 0.6 is 45.2 Å². The van der Waals surface area contributed by atoms with Gasteiger partial charge in [-0.05, 0) is 100 Å². The Balaban J connectivity index is 2.02. The van der Waals surface area contributed by atoms with Crippen LogP contribution < -0.4 is 4.90 Å². The molecular weight excluding hydrogens is 508 g/mol. The molecule has 0 saturated heterocycles. The summed E-state index contributed by atoms with van der Waals surface area (Å²) < 4.78 is 2.57. The van der Waals surface area contributed by atoms with E-state index in [9.17, 15) is 0 Å². The maximum Gasteiger partial charge on any atom is 0.0411 e. The lowest BCUT2D eigenvalue weighted by molar-refractivity contribution is 0.609. The largest absolute Gasteiger partial charge is 0.341 e. The van der Waals surface area contributed by atoms with Crippen molar-refractivity contribution < 1.29 is 0 Å². The predicted octanol–water partition coefficient (Wildman–Crippen LogP) is 7.39. The Morgan fingerprint density at radius 2 is 1.09 bits per heavy atom. The molecule has 2 aromatic carbocycles. The molecule has 0 aliphatic heterocycles. The van der Waals surface area contributed by atoms with E-state index in [2.05, 4.69) is 106 Å². The summed E-state index contributed by atoms with van der Waals surface area (Å²) >= 11 is 4.73. The Morgan fingerprint density at radius 3 is 1.57 bits per heavy atom. The van der Waals surface area contributed by atoms with Crippen LogP contribution in [-0.4, -0.2) is 6.54 Å². The number of benzene rings is 2. The fraction of sp³-hybridized carbons (Fsp3) is 0.400. The van der Waals surface area contributed by atoms with Crippen molar-refractivity contribution in [1.82, 2.24) is 0 Å². The van der Waals surface area contributed by atoms with E-state index in [1.807, 2.05) is 0 Å². The molecule has 0 aliphatic rings. The van der Waals surface area contributed by atoms with Crippen LogP contribution in [0.1, 0.15) is 45.4 Å². The zero-order valence-electron chi connectivity index (χ0n) is 13.8. The van der Waals surface area contributed by atoms with Gasteiger partial charge in [-0.1, -0.05) is 39.0 Å². The van der Waals surface area contributed by atoms with Crippen LogP contribution in [0.2, 0.25) is 0 Å². The molecule has 3 heteroatoms. The highest BCUT2D eigenvalue weighted by molar-refractivity contribution is 14.1. The van der Waals surface area contributed by atoms with Gasteiger partial charge in [0.2, 0.25) is 0 Å². The molecule has 0 atom stereocenters. The second-order valence-corrected chi connectivity index (χ2v) is 8.36. The quantitative estimate of drug-likeness (QED) is 0.240. The molecule has 0 spiro atoms. The lowest BCUT2D eigenvalue weighted by atomic mass is 10.1. The molecule has 0 bridgehead atoms. The van der Waals surface area contributed by atoms with Gasteiger partial charge in [-0.25, -0.2) is 0 Å². The lowest BCUT2D eigenvalue weighted by Crippen LogP contribution is -2.18. The van der Waals surface area contributed by atoms with E-state index in [-0.39, 0.29) is 0 Å². The van der Waals surface area contributed by atoms with Crippen LogP contribution in [-0.2, 0) is 0 Å². The van der Waals surface area contributed by atoms with Crippen molar-refractivity contribution in [3.63, 3.8) is 0 Å². The van der Waals surface area contributed by atoms with Crippen LogP contribution in [0.3, 0.4) is 0 Å². The van der Waals surface area contributed by atoms with Crippen molar-refractivity contribution in [2.24, 2.45) is 0 Å². The molecule has 1 nitrogen and oxygen atoms in total. The molecule has 0 saturated carbocycles. The molecule has 0 radical (unpaired) electrons. The second kappa shape index (κ2) is 10.5. The zero-order valence-corrected chi connectivity index (χ0v) is 18.1.